The summed E-state index contributed by atoms with van der Waals surface area (Å²) in [5.74, 6) is 0. The van der Waals surface area contributed by atoms with Gasteiger partial charge in [-0.05, 0) is 12.8 Å². The molecule has 2 atom stereocenters. The Bertz CT molecular complexity index is 353. The van der Waals surface area contributed by atoms with E-state index in [1.54, 1.807) is 6.08 Å². The van der Waals surface area contributed by atoms with E-state index in [9.17, 15) is 5.11 Å². The van der Waals surface area contributed by atoms with Gasteiger partial charge >= 0.3 is 7.82 Å². The molecule has 0 bridgehead atoms. The summed E-state index contributed by atoms with van der Waals surface area (Å²) in [7, 11) is -4.64. The third kappa shape index (κ3) is 28.5. The molecule has 0 fully saturated rings. The minimum Gasteiger partial charge on any atom is -0.395 e. The summed E-state index contributed by atoms with van der Waals surface area (Å²) < 4.78 is 8.88. The summed E-state index contributed by atoms with van der Waals surface area (Å²) in [5.41, 5.74) is 5.51. The third-order valence-electron chi connectivity index (χ3n) is 3.96. The molecule has 158 valence electrons. The Kier molecular flexibility index (Phi) is 20.9. The molecule has 0 aromatic carbocycles. The third-order valence-corrected chi connectivity index (χ3v) is 3.96. The number of nitrogens with two attached hydrogens (primary N) is 1. The van der Waals surface area contributed by atoms with Gasteiger partial charge in [-0.1, -0.05) is 83.3 Å². The maximum absolute atomic E-state index is 9.52. The number of hydrogen-bond donors (Lipinski definition) is 6. The minimum atomic E-state index is -4.64. The van der Waals surface area contributed by atoms with Gasteiger partial charge in [0.05, 0.1) is 18.8 Å². The highest BCUT2D eigenvalue weighted by molar-refractivity contribution is 7.45. The molecule has 0 rings (SSSR count). The van der Waals surface area contributed by atoms with E-state index < -0.39 is 20.0 Å². The molecule has 2 unspecified atom stereocenters. The molecule has 0 saturated heterocycles. The van der Waals surface area contributed by atoms with E-state index in [-0.39, 0.29) is 6.61 Å². The highest BCUT2D eigenvalue weighted by Crippen LogP contribution is 2.25. The SMILES string of the molecule is CCCCCCCCCCCCC/C=C/C(O)C(N)CO.O=P(O)(O)O. The summed E-state index contributed by atoms with van der Waals surface area (Å²) >= 11 is 0. The predicted octanol–water partition coefficient (Wildman–Crippen LogP) is 3.00. The van der Waals surface area contributed by atoms with Crippen molar-refractivity contribution >= 4 is 7.82 Å². The fourth-order valence-electron chi connectivity index (χ4n) is 2.41. The first-order valence-electron chi connectivity index (χ1n) is 9.71. The normalized spacial score (nSPS) is 14.1. The highest BCUT2D eigenvalue weighted by atomic mass is 31.2. The quantitative estimate of drug-likeness (QED) is 0.142. The van der Waals surface area contributed by atoms with E-state index in [4.69, 9.17) is 30.1 Å². The maximum atomic E-state index is 9.52. The second-order valence-electron chi connectivity index (χ2n) is 6.60. The zero-order chi connectivity index (χ0) is 20.3. The number of phosphoric acid groups is 1. The molecule has 8 heteroatoms. The van der Waals surface area contributed by atoms with Gasteiger partial charge < -0.3 is 30.6 Å². The van der Waals surface area contributed by atoms with Crippen LogP contribution < -0.4 is 5.73 Å². The van der Waals surface area contributed by atoms with Gasteiger partial charge in [-0.2, -0.15) is 0 Å². The summed E-state index contributed by atoms with van der Waals surface area (Å²) in [5, 5.41) is 18.3. The molecule has 0 aromatic heterocycles. The Balaban J connectivity index is 0. The van der Waals surface area contributed by atoms with Crippen LogP contribution in [0.2, 0.25) is 0 Å². The molecule has 0 spiro atoms. The van der Waals surface area contributed by atoms with Crippen molar-refractivity contribution in [3.63, 3.8) is 0 Å². The highest BCUT2D eigenvalue weighted by Gasteiger charge is 2.08. The number of aliphatic hydroxyl groups excluding tert-OH is 2. The number of allylic oxidation sites excluding steroid dienone is 1. The molecular formula is C18H40NO6P. The zero-order valence-electron chi connectivity index (χ0n) is 16.2. The van der Waals surface area contributed by atoms with Crippen LogP contribution in [0.4, 0.5) is 0 Å². The van der Waals surface area contributed by atoms with Gasteiger partial charge in [0.15, 0.2) is 0 Å². The van der Waals surface area contributed by atoms with Crippen molar-refractivity contribution in [3.05, 3.63) is 12.2 Å². The summed E-state index contributed by atoms with van der Waals surface area (Å²) in [6, 6.07) is -0.557. The zero-order valence-corrected chi connectivity index (χ0v) is 17.1. The number of rotatable bonds is 15. The van der Waals surface area contributed by atoms with Gasteiger partial charge in [0.1, 0.15) is 0 Å². The van der Waals surface area contributed by atoms with E-state index in [0.717, 1.165) is 6.42 Å². The van der Waals surface area contributed by atoms with Crippen LogP contribution in [0.15, 0.2) is 12.2 Å². The lowest BCUT2D eigenvalue weighted by molar-refractivity contribution is 0.144. The van der Waals surface area contributed by atoms with Gasteiger partial charge in [0.25, 0.3) is 0 Å². The second-order valence-corrected chi connectivity index (χ2v) is 7.63. The number of aliphatic hydroxyl groups is 2. The summed E-state index contributed by atoms with van der Waals surface area (Å²) in [4.78, 5) is 21.6. The molecule has 0 aromatic rings. The van der Waals surface area contributed by atoms with Crippen LogP contribution in [0, 0.1) is 0 Å². The molecule has 0 amide bonds. The molecule has 7 nitrogen and oxygen atoms in total. The predicted molar refractivity (Wildman–Crippen MR) is 106 cm³/mol. The van der Waals surface area contributed by atoms with E-state index in [2.05, 4.69) is 6.92 Å². The monoisotopic (exact) mass is 397 g/mol. The van der Waals surface area contributed by atoms with Crippen molar-refractivity contribution in [2.75, 3.05) is 6.61 Å². The summed E-state index contributed by atoms with van der Waals surface area (Å²) in [6.45, 7) is 2.08. The Labute approximate surface area is 158 Å². The average molecular weight is 397 g/mol. The number of hydrogen-bond acceptors (Lipinski definition) is 4. The molecular weight excluding hydrogens is 357 g/mol. The Morgan fingerprint density at radius 2 is 1.27 bits per heavy atom. The van der Waals surface area contributed by atoms with Crippen molar-refractivity contribution in [3.8, 4) is 0 Å². The molecule has 0 saturated carbocycles. The van der Waals surface area contributed by atoms with Crippen molar-refractivity contribution in [2.24, 2.45) is 5.73 Å². The van der Waals surface area contributed by atoms with Crippen LogP contribution in [-0.4, -0.2) is 43.6 Å². The van der Waals surface area contributed by atoms with Crippen LogP contribution in [0.5, 0.6) is 0 Å². The van der Waals surface area contributed by atoms with Gasteiger partial charge in [0, 0.05) is 0 Å². The van der Waals surface area contributed by atoms with Gasteiger partial charge in [-0.3, -0.25) is 0 Å². The first-order chi connectivity index (χ1) is 12.2. The molecule has 0 aliphatic rings. The molecule has 0 aliphatic carbocycles. The average Bonchev–Trinajstić information content (AvgIpc) is 2.56. The van der Waals surface area contributed by atoms with Crippen LogP contribution in [-0.2, 0) is 4.57 Å². The van der Waals surface area contributed by atoms with Crippen molar-refractivity contribution in [1.29, 1.82) is 0 Å². The standard InChI is InChI=1S/C18H37NO2.H3O4P/c1-2-3-4-5-6-7-8-9-10-11-12-13-14-15-18(21)17(19)16-20;1-5(2,3)4/h14-15,17-18,20-21H,2-13,16,19H2,1H3;(H3,1,2,3,4)/b15-14+;. The maximum Gasteiger partial charge on any atom is 0.466 e. The van der Waals surface area contributed by atoms with Gasteiger partial charge in [-0.15, -0.1) is 0 Å². The Hall–Kier alpha value is -0.270. The lowest BCUT2D eigenvalue weighted by atomic mass is 10.0. The van der Waals surface area contributed by atoms with Gasteiger partial charge in [-0.25, -0.2) is 4.57 Å². The lowest BCUT2D eigenvalue weighted by Crippen LogP contribution is -2.36. The smallest absolute Gasteiger partial charge is 0.395 e. The van der Waals surface area contributed by atoms with Crippen molar-refractivity contribution in [1.82, 2.24) is 0 Å². The Morgan fingerprint density at radius 1 is 0.885 bits per heavy atom. The largest absolute Gasteiger partial charge is 0.466 e. The van der Waals surface area contributed by atoms with E-state index >= 15 is 0 Å². The van der Waals surface area contributed by atoms with Crippen LogP contribution in [0.25, 0.3) is 0 Å². The molecule has 0 heterocycles. The lowest BCUT2D eigenvalue weighted by Gasteiger charge is -2.11. The van der Waals surface area contributed by atoms with E-state index in [1.165, 1.54) is 70.6 Å². The summed E-state index contributed by atoms with van der Waals surface area (Å²) in [6.07, 6.45) is 18.8. The molecule has 7 N–H and O–H groups in total. The van der Waals surface area contributed by atoms with Crippen LogP contribution in [0.1, 0.15) is 84.0 Å². The van der Waals surface area contributed by atoms with Crippen LogP contribution in [0.3, 0.4) is 0 Å². The molecule has 0 aliphatic heterocycles. The minimum absolute atomic E-state index is 0.177. The topological polar surface area (TPSA) is 144 Å². The number of unbranched alkanes of at least 4 members (excludes halogenated alkanes) is 11. The second kappa shape index (κ2) is 19.5. The van der Waals surface area contributed by atoms with Crippen molar-refractivity contribution in [2.45, 2.75) is 96.1 Å². The fourth-order valence-corrected chi connectivity index (χ4v) is 2.41. The van der Waals surface area contributed by atoms with Crippen molar-refractivity contribution < 1.29 is 29.5 Å². The fraction of sp³-hybridized carbons (Fsp3) is 0.889. The van der Waals surface area contributed by atoms with Gasteiger partial charge in [0.2, 0.25) is 0 Å². The first kappa shape index (κ1) is 27.9. The Morgan fingerprint density at radius 3 is 1.65 bits per heavy atom. The van der Waals surface area contributed by atoms with Crippen LogP contribution >= 0.6 is 7.82 Å². The van der Waals surface area contributed by atoms with E-state index in [1.807, 2.05) is 6.08 Å². The first-order valence-corrected chi connectivity index (χ1v) is 11.3. The molecule has 26 heavy (non-hydrogen) atoms. The molecule has 0 radical (unpaired) electrons. The van der Waals surface area contributed by atoms with E-state index in [0.29, 0.717) is 0 Å².